The minimum atomic E-state index is 0.0157. The van der Waals surface area contributed by atoms with Crippen molar-refractivity contribution in [1.82, 2.24) is 0 Å². The van der Waals surface area contributed by atoms with Gasteiger partial charge in [-0.25, -0.2) is 0 Å². The second kappa shape index (κ2) is 9.03. The lowest BCUT2D eigenvalue weighted by Crippen LogP contribution is -2.52. The summed E-state index contributed by atoms with van der Waals surface area (Å²) in [6.45, 7) is 11.3. The van der Waals surface area contributed by atoms with E-state index in [1.807, 2.05) is 0 Å². The molecule has 26 heavy (non-hydrogen) atoms. The summed E-state index contributed by atoms with van der Waals surface area (Å²) in [4.78, 5) is 0. The van der Waals surface area contributed by atoms with Crippen LogP contribution in [-0.2, 0) is 9.47 Å². The maximum atomic E-state index is 6.41. The fraction of sp³-hybridized carbons (Fsp3) is 0.826. The normalized spacial score (nSPS) is 34.4. The predicted octanol–water partition coefficient (Wildman–Crippen LogP) is 5.08. The molecule has 1 aliphatic carbocycles. The van der Waals surface area contributed by atoms with Crippen LogP contribution in [0.25, 0.3) is 0 Å². The predicted molar refractivity (Wildman–Crippen MR) is 108 cm³/mol. The summed E-state index contributed by atoms with van der Waals surface area (Å²) >= 11 is 0. The van der Waals surface area contributed by atoms with Gasteiger partial charge in [0.25, 0.3) is 0 Å². The van der Waals surface area contributed by atoms with Crippen LogP contribution in [0.15, 0.2) is 23.3 Å². The van der Waals surface area contributed by atoms with Crippen molar-refractivity contribution in [3.05, 3.63) is 23.3 Å². The Hall–Kier alpha value is -0.640. The van der Waals surface area contributed by atoms with E-state index >= 15 is 0 Å². The fourth-order valence-electron chi connectivity index (χ4n) is 5.05. The summed E-state index contributed by atoms with van der Waals surface area (Å²) in [6.07, 6.45) is 14.0. The molecule has 0 radical (unpaired) electrons. The van der Waals surface area contributed by atoms with Crippen LogP contribution in [0.5, 0.6) is 0 Å². The molecule has 0 bridgehead atoms. The number of hydrogen-bond donors (Lipinski definition) is 0. The second-order valence-corrected chi connectivity index (χ2v) is 9.53. The highest BCUT2D eigenvalue weighted by atomic mass is 16.7. The highest BCUT2D eigenvalue weighted by Gasteiger charge is 2.40. The van der Waals surface area contributed by atoms with Crippen LogP contribution in [0.2, 0.25) is 0 Å². The molecule has 2 saturated heterocycles. The molecule has 0 spiro atoms. The number of likely N-dealkylation sites (N-methyl/N-ethyl adjacent to an activating group) is 1. The van der Waals surface area contributed by atoms with E-state index in [0.29, 0.717) is 17.9 Å². The lowest BCUT2D eigenvalue weighted by molar-refractivity contribution is -0.916. The third-order valence-corrected chi connectivity index (χ3v) is 6.67. The zero-order chi connectivity index (χ0) is 18.6. The maximum Gasteiger partial charge on any atom is 0.161 e. The molecule has 3 heteroatoms. The molecule has 0 N–H and O–H groups in total. The Bertz CT molecular complexity index is 514. The number of ether oxygens (including phenoxy) is 2. The first-order valence-electron chi connectivity index (χ1n) is 10.9. The van der Waals surface area contributed by atoms with Crippen LogP contribution < -0.4 is 0 Å². The largest absolute Gasteiger partial charge is 0.349 e. The average molecular weight is 363 g/mol. The van der Waals surface area contributed by atoms with Crippen molar-refractivity contribution in [2.75, 3.05) is 33.3 Å². The Kier molecular flexibility index (Phi) is 6.98. The molecule has 0 aromatic rings. The molecular weight excluding hydrogens is 322 g/mol. The first kappa shape index (κ1) is 20.1. The third kappa shape index (κ3) is 5.43. The summed E-state index contributed by atoms with van der Waals surface area (Å²) in [5.41, 5.74) is 3.06. The lowest BCUT2D eigenvalue weighted by atomic mass is 9.79. The van der Waals surface area contributed by atoms with Crippen LogP contribution in [-0.4, -0.2) is 50.2 Å². The van der Waals surface area contributed by atoms with E-state index in [4.69, 9.17) is 9.47 Å². The van der Waals surface area contributed by atoms with Gasteiger partial charge < -0.3 is 14.0 Å². The van der Waals surface area contributed by atoms with Crippen molar-refractivity contribution >= 4 is 0 Å². The van der Waals surface area contributed by atoms with Gasteiger partial charge in [-0.3, -0.25) is 0 Å². The van der Waals surface area contributed by atoms with E-state index in [-0.39, 0.29) is 6.29 Å². The second-order valence-electron chi connectivity index (χ2n) is 9.53. The van der Waals surface area contributed by atoms with Crippen LogP contribution in [0.4, 0.5) is 0 Å². The summed E-state index contributed by atoms with van der Waals surface area (Å²) < 4.78 is 13.7. The molecule has 2 heterocycles. The fourth-order valence-corrected chi connectivity index (χ4v) is 5.05. The highest BCUT2D eigenvalue weighted by Crippen LogP contribution is 2.37. The van der Waals surface area contributed by atoms with Gasteiger partial charge in [-0.1, -0.05) is 30.2 Å². The first-order chi connectivity index (χ1) is 12.5. The zero-order valence-electron chi connectivity index (χ0n) is 17.5. The van der Waals surface area contributed by atoms with Gasteiger partial charge in [0.2, 0.25) is 0 Å². The van der Waals surface area contributed by atoms with Crippen LogP contribution in [0, 0.1) is 11.8 Å². The number of piperidine rings is 1. The van der Waals surface area contributed by atoms with Crippen molar-refractivity contribution in [2.45, 2.75) is 78.1 Å². The number of likely N-dealkylation sites (tertiary alicyclic amines) is 1. The summed E-state index contributed by atoms with van der Waals surface area (Å²) in [5.74, 6) is 1.18. The molecular formula is C23H40NO2+. The lowest BCUT2D eigenvalue weighted by Gasteiger charge is -2.39. The van der Waals surface area contributed by atoms with Crippen LogP contribution >= 0.6 is 0 Å². The number of rotatable bonds is 6. The monoisotopic (exact) mass is 362 g/mol. The molecule has 2 fully saturated rings. The Morgan fingerprint density at radius 2 is 2.00 bits per heavy atom. The quantitative estimate of drug-likeness (QED) is 0.485. The molecule has 4 unspecified atom stereocenters. The molecule has 0 saturated carbocycles. The molecule has 4 atom stereocenters. The zero-order valence-corrected chi connectivity index (χ0v) is 17.5. The molecule has 0 amide bonds. The molecule has 0 aromatic carbocycles. The van der Waals surface area contributed by atoms with Crippen molar-refractivity contribution in [1.29, 1.82) is 0 Å². The van der Waals surface area contributed by atoms with Gasteiger partial charge in [0, 0.05) is 5.92 Å². The highest BCUT2D eigenvalue weighted by molar-refractivity contribution is 5.10. The average Bonchev–Trinajstić information content (AvgIpc) is 3.02. The van der Waals surface area contributed by atoms with E-state index in [1.54, 1.807) is 5.57 Å². The van der Waals surface area contributed by atoms with E-state index in [9.17, 15) is 0 Å². The third-order valence-electron chi connectivity index (χ3n) is 6.67. The van der Waals surface area contributed by atoms with E-state index in [1.165, 1.54) is 61.7 Å². The summed E-state index contributed by atoms with van der Waals surface area (Å²) in [7, 11) is 2.40. The van der Waals surface area contributed by atoms with Crippen molar-refractivity contribution in [3.63, 3.8) is 0 Å². The van der Waals surface area contributed by atoms with Crippen molar-refractivity contribution in [2.24, 2.45) is 11.8 Å². The Balaban J connectivity index is 1.48. The molecule has 148 valence electrons. The van der Waals surface area contributed by atoms with Gasteiger partial charge in [-0.15, -0.1) is 0 Å². The standard InChI is InChI=1S/C23H40NO2/c1-18(2)9-8-10-20-11-12-22(19(3)15-20)23-25-17-21(26-23)16-24(4)13-6-5-7-14-24/h9,11,19,21-23H,5-8,10,12-17H2,1-4H3/q+1. The van der Waals surface area contributed by atoms with Gasteiger partial charge in [0.05, 0.1) is 26.7 Å². The van der Waals surface area contributed by atoms with E-state index in [2.05, 4.69) is 40.0 Å². The molecule has 2 aliphatic heterocycles. The van der Waals surface area contributed by atoms with Gasteiger partial charge in [-0.2, -0.15) is 0 Å². The Labute approximate surface area is 161 Å². The Morgan fingerprint density at radius 1 is 1.23 bits per heavy atom. The summed E-state index contributed by atoms with van der Waals surface area (Å²) in [6, 6.07) is 0. The van der Waals surface area contributed by atoms with Crippen LogP contribution in [0.3, 0.4) is 0 Å². The van der Waals surface area contributed by atoms with Gasteiger partial charge in [0.15, 0.2) is 6.29 Å². The SMILES string of the molecule is CC(C)=CCCC1=CCC(C2OCC(C[N+]3(C)CCCCC3)O2)C(C)C1. The van der Waals surface area contributed by atoms with Gasteiger partial charge >= 0.3 is 0 Å². The first-order valence-corrected chi connectivity index (χ1v) is 10.9. The minimum absolute atomic E-state index is 0.0157. The molecule has 0 aromatic heterocycles. The number of hydrogen-bond acceptors (Lipinski definition) is 2. The van der Waals surface area contributed by atoms with E-state index in [0.717, 1.165) is 19.6 Å². The van der Waals surface area contributed by atoms with Crippen molar-refractivity contribution in [3.8, 4) is 0 Å². The van der Waals surface area contributed by atoms with E-state index < -0.39 is 0 Å². The molecule has 3 nitrogen and oxygen atoms in total. The molecule has 3 aliphatic rings. The maximum absolute atomic E-state index is 6.41. The van der Waals surface area contributed by atoms with Crippen LogP contribution in [0.1, 0.15) is 65.7 Å². The smallest absolute Gasteiger partial charge is 0.161 e. The van der Waals surface area contributed by atoms with Crippen molar-refractivity contribution < 1.29 is 14.0 Å². The van der Waals surface area contributed by atoms with Gasteiger partial charge in [0.1, 0.15) is 12.6 Å². The number of allylic oxidation sites excluding steroid dienone is 4. The Morgan fingerprint density at radius 3 is 2.69 bits per heavy atom. The summed E-state index contributed by atoms with van der Waals surface area (Å²) in [5, 5.41) is 0. The number of quaternary nitrogens is 1. The number of nitrogens with zero attached hydrogens (tertiary/aromatic N) is 1. The minimum Gasteiger partial charge on any atom is -0.349 e. The van der Waals surface area contributed by atoms with Gasteiger partial charge in [-0.05, 0) is 64.7 Å². The topological polar surface area (TPSA) is 18.5 Å². The molecule has 3 rings (SSSR count).